The van der Waals surface area contributed by atoms with Crippen LogP contribution in [0.5, 0.6) is 5.75 Å². The maximum Gasteiger partial charge on any atom is 0.275 e. The zero-order valence-electron chi connectivity index (χ0n) is 9.68. The van der Waals surface area contributed by atoms with Crippen LogP contribution in [0.4, 0.5) is 11.4 Å². The molecule has 0 amide bonds. The van der Waals surface area contributed by atoms with E-state index in [-0.39, 0.29) is 12.3 Å². The zero-order chi connectivity index (χ0) is 12.7. The first-order chi connectivity index (χ1) is 8.17. The third-order valence-electron chi connectivity index (χ3n) is 2.25. The fraction of sp³-hybridized carbons (Fsp3) is 0.455. The molecule has 0 aliphatic heterocycles. The van der Waals surface area contributed by atoms with E-state index in [4.69, 9.17) is 9.84 Å². The van der Waals surface area contributed by atoms with E-state index in [1.165, 1.54) is 19.2 Å². The highest BCUT2D eigenvalue weighted by Gasteiger charge is 2.09. The normalized spacial score (nSPS) is 10.0. The lowest BCUT2D eigenvalue weighted by Gasteiger charge is -2.07. The summed E-state index contributed by atoms with van der Waals surface area (Å²) in [7, 11) is 1.47. The predicted molar refractivity (Wildman–Crippen MR) is 64.5 cm³/mol. The summed E-state index contributed by atoms with van der Waals surface area (Å²) in [6.07, 6.45) is 1.51. The van der Waals surface area contributed by atoms with E-state index in [1.807, 2.05) is 0 Å². The summed E-state index contributed by atoms with van der Waals surface area (Å²) in [6, 6.07) is 4.53. The molecule has 0 saturated carbocycles. The van der Waals surface area contributed by atoms with E-state index >= 15 is 0 Å². The fourth-order valence-corrected chi connectivity index (χ4v) is 1.38. The molecular weight excluding hydrogens is 224 g/mol. The first kappa shape index (κ1) is 13.2. The summed E-state index contributed by atoms with van der Waals surface area (Å²) >= 11 is 0. The van der Waals surface area contributed by atoms with Crippen LogP contribution in [0.3, 0.4) is 0 Å². The number of non-ortho nitro benzene ring substituents is 1. The minimum Gasteiger partial charge on any atom is -0.496 e. The van der Waals surface area contributed by atoms with E-state index in [0.29, 0.717) is 24.4 Å². The van der Waals surface area contributed by atoms with Crippen molar-refractivity contribution in [2.24, 2.45) is 0 Å². The lowest BCUT2D eigenvalue weighted by Crippen LogP contribution is -2.03. The van der Waals surface area contributed by atoms with Crippen LogP contribution in [0.25, 0.3) is 0 Å². The maximum atomic E-state index is 10.7. The molecule has 17 heavy (non-hydrogen) atoms. The first-order valence-corrected chi connectivity index (χ1v) is 5.35. The lowest BCUT2D eigenvalue weighted by molar-refractivity contribution is -0.384. The maximum absolute atomic E-state index is 10.7. The second-order valence-corrected chi connectivity index (χ2v) is 3.53. The van der Waals surface area contributed by atoms with Gasteiger partial charge in [-0.3, -0.25) is 10.1 Å². The van der Waals surface area contributed by atoms with Gasteiger partial charge in [0.2, 0.25) is 0 Å². The molecule has 0 aliphatic carbocycles. The van der Waals surface area contributed by atoms with E-state index in [9.17, 15) is 10.1 Å². The number of rotatable bonds is 7. The van der Waals surface area contributed by atoms with Crippen LogP contribution < -0.4 is 10.1 Å². The van der Waals surface area contributed by atoms with Gasteiger partial charge in [-0.15, -0.1) is 0 Å². The van der Waals surface area contributed by atoms with Crippen molar-refractivity contribution in [3.05, 3.63) is 28.3 Å². The number of nitro groups is 1. The Hall–Kier alpha value is -1.82. The summed E-state index contributed by atoms with van der Waals surface area (Å²) in [6.45, 7) is 0.810. The summed E-state index contributed by atoms with van der Waals surface area (Å²) in [4.78, 5) is 10.2. The largest absolute Gasteiger partial charge is 0.496 e. The molecule has 6 nitrogen and oxygen atoms in total. The number of benzene rings is 1. The molecule has 1 rings (SSSR count). The number of hydrogen-bond acceptors (Lipinski definition) is 5. The highest BCUT2D eigenvalue weighted by Crippen LogP contribution is 2.25. The summed E-state index contributed by atoms with van der Waals surface area (Å²) in [5.41, 5.74) is 0.642. The number of nitro benzene ring substituents is 1. The molecule has 0 aliphatic rings. The highest BCUT2D eigenvalue weighted by molar-refractivity contribution is 5.56. The second kappa shape index (κ2) is 6.70. The van der Waals surface area contributed by atoms with Crippen molar-refractivity contribution in [3.8, 4) is 5.75 Å². The molecule has 0 aromatic heterocycles. The van der Waals surface area contributed by atoms with Crippen molar-refractivity contribution in [2.45, 2.75) is 12.8 Å². The Kier molecular flexibility index (Phi) is 5.22. The molecule has 1 aromatic carbocycles. The van der Waals surface area contributed by atoms with Crippen molar-refractivity contribution < 1.29 is 14.8 Å². The Labute approximate surface area is 99.4 Å². The van der Waals surface area contributed by atoms with Crippen LogP contribution in [0.15, 0.2) is 18.2 Å². The quantitative estimate of drug-likeness (QED) is 0.431. The van der Waals surface area contributed by atoms with Crippen LogP contribution in [0.1, 0.15) is 12.8 Å². The summed E-state index contributed by atoms with van der Waals surface area (Å²) in [5, 5.41) is 22.4. The van der Waals surface area contributed by atoms with Gasteiger partial charge in [0.15, 0.2) is 0 Å². The standard InChI is InChI=1S/C11H16N2O4/c1-17-11-7-9(12-4-2-3-5-14)6-10(8-11)13(15)16/h6-8,12,14H,2-5H2,1H3. The smallest absolute Gasteiger partial charge is 0.275 e. The molecule has 0 saturated heterocycles. The molecule has 0 bridgehead atoms. The number of aliphatic hydroxyl groups excluding tert-OH is 1. The Bertz CT molecular complexity index is 382. The number of methoxy groups -OCH3 is 1. The van der Waals surface area contributed by atoms with E-state index in [0.717, 1.165) is 6.42 Å². The van der Waals surface area contributed by atoms with Crippen LogP contribution in [-0.4, -0.2) is 30.3 Å². The van der Waals surface area contributed by atoms with Gasteiger partial charge in [0, 0.05) is 31.0 Å². The average Bonchev–Trinajstić information content (AvgIpc) is 2.34. The summed E-state index contributed by atoms with van der Waals surface area (Å²) < 4.78 is 4.99. The van der Waals surface area contributed by atoms with Crippen molar-refractivity contribution >= 4 is 11.4 Å². The third kappa shape index (κ3) is 4.28. The van der Waals surface area contributed by atoms with Crippen molar-refractivity contribution in [1.29, 1.82) is 0 Å². The number of aliphatic hydroxyl groups is 1. The topological polar surface area (TPSA) is 84.6 Å². The molecule has 0 atom stereocenters. The number of anilines is 1. The number of nitrogens with one attached hydrogen (secondary N) is 1. The van der Waals surface area contributed by atoms with Gasteiger partial charge in [-0.05, 0) is 12.8 Å². The van der Waals surface area contributed by atoms with Gasteiger partial charge in [0.1, 0.15) is 5.75 Å². The molecule has 0 unspecified atom stereocenters. The number of hydrogen-bond donors (Lipinski definition) is 2. The Morgan fingerprint density at radius 3 is 2.76 bits per heavy atom. The van der Waals surface area contributed by atoms with E-state index in [1.54, 1.807) is 6.07 Å². The predicted octanol–water partition coefficient (Wildman–Crippen LogP) is 1.79. The van der Waals surface area contributed by atoms with Crippen LogP contribution in [0, 0.1) is 10.1 Å². The minimum absolute atomic E-state index is 0.00555. The zero-order valence-corrected chi connectivity index (χ0v) is 9.68. The molecule has 2 N–H and O–H groups in total. The van der Waals surface area contributed by atoms with Crippen molar-refractivity contribution in [1.82, 2.24) is 0 Å². The van der Waals surface area contributed by atoms with Crippen LogP contribution in [-0.2, 0) is 0 Å². The molecule has 6 heteroatoms. The average molecular weight is 240 g/mol. The van der Waals surface area contributed by atoms with E-state index < -0.39 is 4.92 Å². The molecule has 0 fully saturated rings. The lowest BCUT2D eigenvalue weighted by atomic mass is 10.2. The van der Waals surface area contributed by atoms with Crippen molar-refractivity contribution in [3.63, 3.8) is 0 Å². The van der Waals surface area contributed by atoms with Gasteiger partial charge in [0.05, 0.1) is 18.1 Å². The number of unbranched alkanes of at least 4 members (excludes halogenated alkanes) is 1. The monoisotopic (exact) mass is 240 g/mol. The Morgan fingerprint density at radius 2 is 2.18 bits per heavy atom. The second-order valence-electron chi connectivity index (χ2n) is 3.53. The number of nitrogens with zero attached hydrogens (tertiary/aromatic N) is 1. The molecule has 0 heterocycles. The molecule has 0 radical (unpaired) electrons. The van der Waals surface area contributed by atoms with Crippen molar-refractivity contribution in [2.75, 3.05) is 25.6 Å². The molecular formula is C11H16N2O4. The van der Waals surface area contributed by atoms with Crippen LogP contribution >= 0.6 is 0 Å². The fourth-order valence-electron chi connectivity index (χ4n) is 1.38. The SMILES string of the molecule is COc1cc(NCCCCO)cc([N+](=O)[O-])c1. The first-order valence-electron chi connectivity index (χ1n) is 5.35. The third-order valence-corrected chi connectivity index (χ3v) is 2.25. The molecule has 94 valence electrons. The molecule has 1 aromatic rings. The van der Waals surface area contributed by atoms with Gasteiger partial charge < -0.3 is 15.2 Å². The Balaban J connectivity index is 2.70. The van der Waals surface area contributed by atoms with Gasteiger partial charge in [-0.2, -0.15) is 0 Å². The van der Waals surface area contributed by atoms with Gasteiger partial charge in [-0.1, -0.05) is 0 Å². The highest BCUT2D eigenvalue weighted by atomic mass is 16.6. The van der Waals surface area contributed by atoms with E-state index in [2.05, 4.69) is 5.32 Å². The van der Waals surface area contributed by atoms with Gasteiger partial charge >= 0.3 is 0 Å². The minimum atomic E-state index is -0.457. The Morgan fingerprint density at radius 1 is 1.41 bits per heavy atom. The van der Waals surface area contributed by atoms with Crippen LogP contribution in [0.2, 0.25) is 0 Å². The number of ether oxygens (including phenoxy) is 1. The van der Waals surface area contributed by atoms with Gasteiger partial charge in [-0.25, -0.2) is 0 Å². The van der Waals surface area contributed by atoms with Gasteiger partial charge in [0.25, 0.3) is 5.69 Å². The summed E-state index contributed by atoms with van der Waals surface area (Å²) in [5.74, 6) is 0.448. The molecule has 0 spiro atoms.